The fraction of sp³-hybridized carbons (Fsp3) is 0.780. The van der Waals surface area contributed by atoms with Crippen molar-refractivity contribution in [2.45, 2.75) is 200 Å². The summed E-state index contributed by atoms with van der Waals surface area (Å²) in [6.45, 7) is 5.48. The number of unbranched alkanes of at least 4 members (excludes halogenated alkanes) is 20. The van der Waals surface area contributed by atoms with E-state index in [0.717, 1.165) is 57.8 Å². The topological polar surface area (TPSA) is 91.3 Å². The smallest absolute Gasteiger partial charge is 0.457 e. The van der Waals surface area contributed by atoms with Crippen LogP contribution in [0.1, 0.15) is 194 Å². The largest absolute Gasteiger partial charge is 0.472 e. The summed E-state index contributed by atoms with van der Waals surface area (Å²) in [5, 5.41) is 0. The number of esters is 1. The highest BCUT2D eigenvalue weighted by Crippen LogP contribution is 2.43. The van der Waals surface area contributed by atoms with E-state index in [1.807, 2.05) is 21.1 Å². The maximum absolute atomic E-state index is 12.7. The van der Waals surface area contributed by atoms with Gasteiger partial charge in [-0.25, -0.2) is 4.57 Å². The molecular weight excluding hydrogens is 758 g/mol. The van der Waals surface area contributed by atoms with Crippen LogP contribution in [0.4, 0.5) is 0 Å². The molecule has 0 aliphatic heterocycles. The van der Waals surface area contributed by atoms with Crippen molar-refractivity contribution in [1.29, 1.82) is 0 Å². The predicted molar refractivity (Wildman–Crippen MR) is 252 cm³/mol. The standard InChI is InChI=1S/C50H92NO7P/c1-6-8-10-12-14-16-18-20-22-23-24-25-26-27-28-29-30-31-33-35-37-39-41-43-50(52)58-49(48-57-59(53,54)56-46-44-51(3,4)5)47-55-45-42-40-38-36-34-32-21-19-17-15-13-11-9-7-2/h8,10,14,16-17,19-20,22,24-25,49H,6-7,9,11-13,15,18,21,23,26-48H2,1-5H3/p+1/b10-8-,16-14-,19-17-,22-20-,25-24-. The SMILES string of the molecule is CC/C=C\C/C=C\C/C=C\C/C=C\CCCCCCCCCCCCC(=O)OC(COCCCCCCCC/C=C\CCCCCC)COP(=O)(O)OCC[N+](C)(C)C. The summed E-state index contributed by atoms with van der Waals surface area (Å²) in [7, 11) is 1.66. The van der Waals surface area contributed by atoms with Gasteiger partial charge in [-0.1, -0.05) is 171 Å². The van der Waals surface area contributed by atoms with E-state index in [-0.39, 0.29) is 25.8 Å². The Hall–Kier alpha value is -1.80. The van der Waals surface area contributed by atoms with Gasteiger partial charge >= 0.3 is 13.8 Å². The molecule has 0 rings (SSSR count). The molecule has 9 heteroatoms. The molecule has 2 unspecified atom stereocenters. The molecule has 0 bridgehead atoms. The van der Waals surface area contributed by atoms with Crippen molar-refractivity contribution in [3.63, 3.8) is 0 Å². The number of carbonyl (C=O) groups is 1. The number of ether oxygens (including phenoxy) is 2. The van der Waals surface area contributed by atoms with Crippen molar-refractivity contribution in [3.05, 3.63) is 60.8 Å². The van der Waals surface area contributed by atoms with Crippen LogP contribution in [0.5, 0.6) is 0 Å². The first-order chi connectivity index (χ1) is 28.6. The third-order valence-electron chi connectivity index (χ3n) is 10.1. The number of hydrogen-bond donors (Lipinski definition) is 1. The Morgan fingerprint density at radius 2 is 0.983 bits per heavy atom. The molecule has 0 aromatic carbocycles. The molecule has 0 saturated heterocycles. The zero-order chi connectivity index (χ0) is 43.4. The molecule has 8 nitrogen and oxygen atoms in total. The van der Waals surface area contributed by atoms with Crippen LogP contribution in [0.15, 0.2) is 60.8 Å². The van der Waals surface area contributed by atoms with Gasteiger partial charge in [0, 0.05) is 13.0 Å². The molecule has 0 aliphatic rings. The number of phosphoric acid groups is 1. The lowest BCUT2D eigenvalue weighted by atomic mass is 10.0. The fourth-order valence-electron chi connectivity index (χ4n) is 6.36. The Morgan fingerprint density at radius 3 is 1.49 bits per heavy atom. The summed E-state index contributed by atoms with van der Waals surface area (Å²) in [6.07, 6.45) is 54.0. The first-order valence-electron chi connectivity index (χ1n) is 24.0. The van der Waals surface area contributed by atoms with Crippen LogP contribution >= 0.6 is 7.82 Å². The summed E-state index contributed by atoms with van der Waals surface area (Å²) >= 11 is 0. The Morgan fingerprint density at radius 1 is 0.542 bits per heavy atom. The highest BCUT2D eigenvalue weighted by molar-refractivity contribution is 7.47. The van der Waals surface area contributed by atoms with Crippen molar-refractivity contribution in [1.82, 2.24) is 0 Å². The van der Waals surface area contributed by atoms with E-state index in [9.17, 15) is 14.3 Å². The Labute approximate surface area is 364 Å². The average Bonchev–Trinajstić information content (AvgIpc) is 3.19. The lowest BCUT2D eigenvalue weighted by molar-refractivity contribution is -0.870. The lowest BCUT2D eigenvalue weighted by Crippen LogP contribution is -2.37. The molecule has 0 spiro atoms. The van der Waals surface area contributed by atoms with Gasteiger partial charge in [0.25, 0.3) is 0 Å². The summed E-state index contributed by atoms with van der Waals surface area (Å²) in [5.74, 6) is -0.322. The second kappa shape index (κ2) is 42.9. The number of phosphoric ester groups is 1. The minimum atomic E-state index is -4.28. The van der Waals surface area contributed by atoms with E-state index in [1.54, 1.807) is 0 Å². The first-order valence-corrected chi connectivity index (χ1v) is 25.5. The molecule has 0 saturated carbocycles. The zero-order valence-corrected chi connectivity index (χ0v) is 39.9. The molecule has 0 aliphatic carbocycles. The van der Waals surface area contributed by atoms with Gasteiger partial charge in [-0.15, -0.1) is 0 Å². The molecular formula is C50H93NO7P+. The number of hydrogen-bond acceptors (Lipinski definition) is 6. The number of carbonyl (C=O) groups excluding carboxylic acids is 1. The summed E-state index contributed by atoms with van der Waals surface area (Å²) in [4.78, 5) is 23.0. The van der Waals surface area contributed by atoms with E-state index < -0.39 is 13.9 Å². The van der Waals surface area contributed by atoms with E-state index in [0.29, 0.717) is 24.1 Å². The molecule has 1 N–H and O–H groups in total. The molecule has 0 radical (unpaired) electrons. The van der Waals surface area contributed by atoms with E-state index in [4.69, 9.17) is 18.5 Å². The number of likely N-dealkylation sites (N-methyl/N-ethyl adjacent to an activating group) is 1. The van der Waals surface area contributed by atoms with Crippen molar-refractivity contribution in [3.8, 4) is 0 Å². The van der Waals surface area contributed by atoms with E-state index >= 15 is 0 Å². The highest BCUT2D eigenvalue weighted by Gasteiger charge is 2.26. The Kier molecular flexibility index (Phi) is 41.6. The van der Waals surface area contributed by atoms with Crippen LogP contribution < -0.4 is 0 Å². The van der Waals surface area contributed by atoms with Crippen LogP contribution in [0.3, 0.4) is 0 Å². The van der Waals surface area contributed by atoms with Crippen LogP contribution in [0, 0.1) is 0 Å². The number of rotatable bonds is 44. The van der Waals surface area contributed by atoms with Gasteiger partial charge in [-0.3, -0.25) is 13.8 Å². The molecule has 0 aromatic rings. The number of nitrogens with zero attached hydrogens (tertiary/aromatic N) is 1. The predicted octanol–water partition coefficient (Wildman–Crippen LogP) is 14.5. The van der Waals surface area contributed by atoms with Gasteiger partial charge in [0.15, 0.2) is 0 Å². The van der Waals surface area contributed by atoms with Gasteiger partial charge < -0.3 is 18.9 Å². The highest BCUT2D eigenvalue weighted by atomic mass is 31.2. The maximum atomic E-state index is 12.7. The van der Waals surface area contributed by atoms with Crippen molar-refractivity contribution < 1.29 is 37.3 Å². The molecule has 59 heavy (non-hydrogen) atoms. The van der Waals surface area contributed by atoms with Crippen molar-refractivity contribution in [2.75, 3.05) is 54.1 Å². The van der Waals surface area contributed by atoms with Crippen molar-refractivity contribution >= 4 is 13.8 Å². The maximum Gasteiger partial charge on any atom is 0.472 e. The summed E-state index contributed by atoms with van der Waals surface area (Å²) in [6, 6.07) is 0. The summed E-state index contributed by atoms with van der Waals surface area (Å²) < 4.78 is 35.1. The van der Waals surface area contributed by atoms with Gasteiger partial charge in [-0.2, -0.15) is 0 Å². The molecule has 0 heterocycles. The van der Waals surface area contributed by atoms with Gasteiger partial charge in [-0.05, 0) is 77.0 Å². The van der Waals surface area contributed by atoms with Crippen LogP contribution in [-0.2, 0) is 27.9 Å². The third-order valence-corrected chi connectivity index (χ3v) is 11.0. The number of quaternary nitrogens is 1. The average molecular weight is 851 g/mol. The minimum Gasteiger partial charge on any atom is -0.457 e. The molecule has 2 atom stereocenters. The molecule has 344 valence electrons. The lowest BCUT2D eigenvalue weighted by Gasteiger charge is -2.24. The zero-order valence-electron chi connectivity index (χ0n) is 39.0. The van der Waals surface area contributed by atoms with Crippen LogP contribution in [0.2, 0.25) is 0 Å². The molecule has 0 amide bonds. The monoisotopic (exact) mass is 851 g/mol. The summed E-state index contributed by atoms with van der Waals surface area (Å²) in [5.41, 5.74) is 0. The quantitative estimate of drug-likeness (QED) is 0.0215. The van der Waals surface area contributed by atoms with Gasteiger partial charge in [0.1, 0.15) is 19.3 Å². The fourth-order valence-corrected chi connectivity index (χ4v) is 7.10. The molecule has 0 aromatic heterocycles. The Balaban J connectivity index is 4.17. The van der Waals surface area contributed by atoms with E-state index in [1.165, 1.54) is 116 Å². The molecule has 0 fully saturated rings. The number of allylic oxidation sites excluding steroid dienone is 10. The first kappa shape index (κ1) is 57.2. The van der Waals surface area contributed by atoms with Crippen LogP contribution in [-0.4, -0.2) is 75.6 Å². The van der Waals surface area contributed by atoms with Gasteiger partial charge in [0.2, 0.25) is 0 Å². The second-order valence-electron chi connectivity index (χ2n) is 17.1. The normalized spacial score (nSPS) is 14.2. The van der Waals surface area contributed by atoms with Crippen LogP contribution in [0.25, 0.3) is 0 Å². The van der Waals surface area contributed by atoms with E-state index in [2.05, 4.69) is 74.6 Å². The Bertz CT molecular complexity index is 1130. The van der Waals surface area contributed by atoms with Crippen molar-refractivity contribution in [2.24, 2.45) is 0 Å². The third kappa shape index (κ3) is 47.1. The minimum absolute atomic E-state index is 0.0846. The van der Waals surface area contributed by atoms with Gasteiger partial charge in [0.05, 0.1) is 34.4 Å². The second-order valence-corrected chi connectivity index (χ2v) is 18.6.